The molecule has 4 heteroatoms. The number of rotatable bonds is 1. The Morgan fingerprint density at radius 1 is 1.86 bits per heavy atom. The Morgan fingerprint density at radius 2 is 2.29 bits per heavy atom. The third-order valence-corrected chi connectivity index (χ3v) is 0.964. The fourth-order valence-electron chi connectivity index (χ4n) is 0.0598. The number of aliphatic imine (C=N–C) groups is 1. The van der Waals surface area contributed by atoms with Crippen LogP contribution in [0.15, 0.2) is 14.8 Å². The van der Waals surface area contributed by atoms with Crippen molar-refractivity contribution in [3.8, 4) is 0 Å². The first-order valence-corrected chi connectivity index (χ1v) is 2.63. The average Bonchev–Trinajstić information content (AvgIpc) is 1.65. The van der Waals surface area contributed by atoms with Crippen LogP contribution in [-0.2, 0) is 0 Å². The normalized spacial score (nSPS) is 12.9. The molecule has 0 aromatic heterocycles. The number of nitrogens with two attached hydrogens (primary N) is 1. The van der Waals surface area contributed by atoms with Gasteiger partial charge >= 0.3 is 0 Å². The van der Waals surface area contributed by atoms with Crippen molar-refractivity contribution in [1.82, 2.24) is 0 Å². The highest BCUT2D eigenvalue weighted by Gasteiger charge is 1.86. The molecule has 0 aliphatic carbocycles. The van der Waals surface area contributed by atoms with Crippen molar-refractivity contribution < 1.29 is 0 Å². The second-order valence-electron chi connectivity index (χ2n) is 0.804. The lowest BCUT2D eigenvalue weighted by atomic mass is 10.9. The molecule has 2 N–H and O–H groups in total. The maximum Gasteiger partial charge on any atom is 0.148 e. The van der Waals surface area contributed by atoms with Crippen LogP contribution >= 0.6 is 27.5 Å². The molecule has 0 fully saturated rings. The van der Waals surface area contributed by atoms with Gasteiger partial charge in [0.1, 0.15) is 9.76 Å². The van der Waals surface area contributed by atoms with Crippen LogP contribution in [0.3, 0.4) is 0 Å². The molecular formula is C3H4BrClN2. The average molecular weight is 183 g/mol. The lowest BCUT2D eigenvalue weighted by Crippen LogP contribution is -1.91. The Morgan fingerprint density at radius 3 is 2.29 bits per heavy atom. The van der Waals surface area contributed by atoms with Crippen LogP contribution in [0.25, 0.3) is 0 Å². The molecule has 2 nitrogen and oxygen atoms in total. The fraction of sp³-hybridized carbons (Fsp3) is 0. The summed E-state index contributed by atoms with van der Waals surface area (Å²) in [5, 5.41) is 0. The van der Waals surface area contributed by atoms with Crippen LogP contribution in [-0.4, -0.2) is 6.72 Å². The summed E-state index contributed by atoms with van der Waals surface area (Å²) in [5.74, 6) is 0.210. The smallest absolute Gasteiger partial charge is 0.148 e. The van der Waals surface area contributed by atoms with E-state index in [0.29, 0.717) is 3.94 Å². The summed E-state index contributed by atoms with van der Waals surface area (Å²) in [6.45, 7) is 3.13. The molecule has 0 unspecified atom stereocenters. The first kappa shape index (κ1) is 6.98. The van der Waals surface area contributed by atoms with Crippen molar-refractivity contribution in [3.63, 3.8) is 0 Å². The zero-order valence-corrected chi connectivity index (χ0v) is 5.83. The van der Waals surface area contributed by atoms with Crippen LogP contribution in [0, 0.1) is 0 Å². The third kappa shape index (κ3) is 2.65. The largest absolute Gasteiger partial charge is 0.382 e. The van der Waals surface area contributed by atoms with Gasteiger partial charge < -0.3 is 5.73 Å². The van der Waals surface area contributed by atoms with E-state index < -0.39 is 0 Å². The Hall–Kier alpha value is -0.0200. The van der Waals surface area contributed by atoms with Gasteiger partial charge in [0.25, 0.3) is 0 Å². The monoisotopic (exact) mass is 182 g/mol. The summed E-state index contributed by atoms with van der Waals surface area (Å²) in [6, 6.07) is 0. The van der Waals surface area contributed by atoms with E-state index in [2.05, 4.69) is 27.6 Å². The molecule has 0 rings (SSSR count). The van der Waals surface area contributed by atoms with E-state index in [1.807, 2.05) is 0 Å². The quantitative estimate of drug-likeness (QED) is 0.613. The van der Waals surface area contributed by atoms with Gasteiger partial charge in [-0.1, -0.05) is 11.6 Å². The SMILES string of the molecule is C=NC(N)=C(Cl)Br. The van der Waals surface area contributed by atoms with Crippen molar-refractivity contribution in [3.05, 3.63) is 9.76 Å². The molecule has 0 amide bonds. The molecule has 0 atom stereocenters. The van der Waals surface area contributed by atoms with Gasteiger partial charge in [-0.05, 0) is 22.6 Å². The molecule has 0 radical (unpaired) electrons. The van der Waals surface area contributed by atoms with Crippen molar-refractivity contribution in [2.45, 2.75) is 0 Å². The predicted molar refractivity (Wildman–Crippen MR) is 35.5 cm³/mol. The standard InChI is InChI=1S/C3H4BrClN2/c1-7-3(6)2(4)5/h1,6H2. The van der Waals surface area contributed by atoms with Crippen LogP contribution in [0.4, 0.5) is 0 Å². The minimum Gasteiger partial charge on any atom is -0.382 e. The van der Waals surface area contributed by atoms with E-state index in [1.165, 1.54) is 0 Å². The molecule has 0 saturated heterocycles. The molecule has 0 spiro atoms. The maximum atomic E-state index is 5.27. The van der Waals surface area contributed by atoms with Gasteiger partial charge in [0.15, 0.2) is 0 Å². The van der Waals surface area contributed by atoms with Crippen molar-refractivity contribution in [2.24, 2.45) is 10.7 Å². The minimum absolute atomic E-state index is 0.210. The Labute approximate surface area is 55.2 Å². The molecule has 0 saturated carbocycles. The van der Waals surface area contributed by atoms with Crippen LogP contribution in [0.5, 0.6) is 0 Å². The highest BCUT2D eigenvalue weighted by Crippen LogP contribution is 2.12. The van der Waals surface area contributed by atoms with Gasteiger partial charge in [0.2, 0.25) is 0 Å². The first-order chi connectivity index (χ1) is 3.18. The van der Waals surface area contributed by atoms with Crippen LogP contribution < -0.4 is 5.73 Å². The van der Waals surface area contributed by atoms with Crippen molar-refractivity contribution >= 4 is 34.2 Å². The number of halogens is 2. The van der Waals surface area contributed by atoms with Gasteiger partial charge in [0.05, 0.1) is 0 Å². The van der Waals surface area contributed by atoms with Gasteiger partial charge in [-0.15, -0.1) is 0 Å². The van der Waals surface area contributed by atoms with Gasteiger partial charge in [-0.25, -0.2) is 4.99 Å². The molecular weight excluding hydrogens is 179 g/mol. The number of hydrogen-bond donors (Lipinski definition) is 1. The van der Waals surface area contributed by atoms with Crippen LogP contribution in [0.1, 0.15) is 0 Å². The Kier molecular flexibility index (Phi) is 3.04. The topological polar surface area (TPSA) is 38.4 Å². The molecule has 0 aromatic rings. The summed E-state index contributed by atoms with van der Waals surface area (Å²) in [7, 11) is 0. The molecule has 0 aliphatic rings. The van der Waals surface area contributed by atoms with E-state index in [9.17, 15) is 0 Å². The van der Waals surface area contributed by atoms with Gasteiger partial charge in [-0.2, -0.15) is 0 Å². The lowest BCUT2D eigenvalue weighted by Gasteiger charge is -1.85. The maximum absolute atomic E-state index is 5.27. The second-order valence-corrected chi connectivity index (χ2v) is 2.43. The summed E-state index contributed by atoms with van der Waals surface area (Å²) >= 11 is 8.15. The van der Waals surface area contributed by atoms with Crippen molar-refractivity contribution in [2.75, 3.05) is 0 Å². The van der Waals surface area contributed by atoms with Crippen molar-refractivity contribution in [1.29, 1.82) is 0 Å². The Balaban J connectivity index is 3.98. The summed E-state index contributed by atoms with van der Waals surface area (Å²) in [6.07, 6.45) is 0. The van der Waals surface area contributed by atoms with E-state index in [0.717, 1.165) is 0 Å². The van der Waals surface area contributed by atoms with Gasteiger partial charge in [-0.3, -0.25) is 0 Å². The second kappa shape index (κ2) is 3.04. The highest BCUT2D eigenvalue weighted by atomic mass is 79.9. The molecule has 0 heterocycles. The predicted octanol–water partition coefficient (Wildman–Crippen LogP) is 1.41. The summed E-state index contributed by atoms with van der Waals surface area (Å²) < 4.78 is 0.294. The van der Waals surface area contributed by atoms with E-state index in [-0.39, 0.29) is 5.82 Å². The minimum atomic E-state index is 0.210. The molecule has 40 valence electrons. The van der Waals surface area contributed by atoms with E-state index >= 15 is 0 Å². The zero-order chi connectivity index (χ0) is 5.86. The van der Waals surface area contributed by atoms with E-state index in [1.54, 1.807) is 0 Å². The number of hydrogen-bond acceptors (Lipinski definition) is 2. The molecule has 0 aliphatic heterocycles. The van der Waals surface area contributed by atoms with E-state index in [4.69, 9.17) is 17.3 Å². The summed E-state index contributed by atoms with van der Waals surface area (Å²) in [5.41, 5.74) is 5.09. The van der Waals surface area contributed by atoms with Crippen LogP contribution in [0.2, 0.25) is 0 Å². The fourth-order valence-corrected chi connectivity index (χ4v) is 0.245. The molecule has 7 heavy (non-hydrogen) atoms. The Bertz CT molecular complexity index is 106. The molecule has 0 aromatic carbocycles. The molecule has 0 bridgehead atoms. The highest BCUT2D eigenvalue weighted by molar-refractivity contribution is 9.12. The first-order valence-electron chi connectivity index (χ1n) is 1.46. The third-order valence-electron chi connectivity index (χ3n) is 0.364. The lowest BCUT2D eigenvalue weighted by molar-refractivity contribution is 1.27. The number of nitrogens with zero attached hydrogens (tertiary/aromatic N) is 1. The van der Waals surface area contributed by atoms with Gasteiger partial charge in [0, 0.05) is 0 Å². The summed E-state index contributed by atoms with van der Waals surface area (Å²) in [4.78, 5) is 3.32. The zero-order valence-electron chi connectivity index (χ0n) is 3.49.